The number of benzene rings is 2. The van der Waals surface area contributed by atoms with Gasteiger partial charge in [-0.2, -0.15) is 0 Å². The maximum atomic E-state index is 13.2. The van der Waals surface area contributed by atoms with Crippen LogP contribution in [0.15, 0.2) is 12.1 Å². The van der Waals surface area contributed by atoms with Crippen molar-refractivity contribution in [3.63, 3.8) is 0 Å². The molecule has 0 radical (unpaired) electrons. The number of aromatic carboxylic acids is 1. The fourth-order valence-corrected chi connectivity index (χ4v) is 3.82. The zero-order valence-corrected chi connectivity index (χ0v) is 18.5. The maximum Gasteiger partial charge on any atom is 0.337 e. The number of amides is 1. The van der Waals surface area contributed by atoms with Crippen LogP contribution in [0.3, 0.4) is 0 Å². The number of carboxylic acid groups (broad SMARTS) is 1. The van der Waals surface area contributed by atoms with E-state index in [1.807, 2.05) is 13.8 Å². The number of hydrogen-bond acceptors (Lipinski definition) is 6. The Labute approximate surface area is 180 Å². The smallest absolute Gasteiger partial charge is 0.337 e. The van der Waals surface area contributed by atoms with E-state index in [1.54, 1.807) is 13.8 Å². The standard InChI is InChI=1S/C23H27NO7/c1-11-12(2)20-14(13(3)19(11)25)7-8-23(4,31-20)22(28)24-16-10-18(30-6)17(29-5)9-15(16)21(26)27/h9-10,25H,7-8H2,1-6H3,(H,24,28)(H,26,27). The average Bonchev–Trinajstić information content (AvgIpc) is 2.75. The first-order chi connectivity index (χ1) is 14.5. The zero-order valence-electron chi connectivity index (χ0n) is 18.5. The molecule has 3 N–H and O–H groups in total. The molecular formula is C23H27NO7. The van der Waals surface area contributed by atoms with Gasteiger partial charge in [0.1, 0.15) is 11.5 Å². The van der Waals surface area contributed by atoms with Crippen LogP contribution in [0.5, 0.6) is 23.0 Å². The first-order valence-electron chi connectivity index (χ1n) is 9.85. The molecule has 0 aliphatic carbocycles. The van der Waals surface area contributed by atoms with Crippen molar-refractivity contribution in [3.05, 3.63) is 39.9 Å². The number of carbonyl (C=O) groups is 2. The molecule has 0 fully saturated rings. The fraction of sp³-hybridized carbons (Fsp3) is 0.391. The van der Waals surface area contributed by atoms with Crippen LogP contribution in [0.2, 0.25) is 0 Å². The van der Waals surface area contributed by atoms with E-state index in [9.17, 15) is 19.8 Å². The SMILES string of the molecule is COc1cc(NC(=O)C2(C)CCc3c(C)c(O)c(C)c(C)c3O2)c(C(=O)O)cc1OC. The van der Waals surface area contributed by atoms with Gasteiger partial charge in [-0.05, 0) is 50.8 Å². The molecule has 3 rings (SSSR count). The van der Waals surface area contributed by atoms with Gasteiger partial charge >= 0.3 is 5.97 Å². The van der Waals surface area contributed by atoms with Gasteiger partial charge in [0.25, 0.3) is 5.91 Å². The summed E-state index contributed by atoms with van der Waals surface area (Å²) >= 11 is 0. The Morgan fingerprint density at radius 1 is 1.06 bits per heavy atom. The van der Waals surface area contributed by atoms with E-state index in [0.29, 0.717) is 29.9 Å². The highest BCUT2D eigenvalue weighted by Crippen LogP contribution is 2.43. The Kier molecular flexibility index (Phi) is 5.76. The Morgan fingerprint density at radius 2 is 1.68 bits per heavy atom. The van der Waals surface area contributed by atoms with Crippen molar-refractivity contribution in [2.75, 3.05) is 19.5 Å². The number of carboxylic acids is 1. The van der Waals surface area contributed by atoms with Crippen LogP contribution in [0.1, 0.15) is 46.0 Å². The predicted molar refractivity (Wildman–Crippen MR) is 115 cm³/mol. The van der Waals surface area contributed by atoms with Crippen LogP contribution in [0.4, 0.5) is 5.69 Å². The molecule has 0 bridgehead atoms. The van der Waals surface area contributed by atoms with Gasteiger partial charge in [0, 0.05) is 24.1 Å². The molecule has 0 spiro atoms. The Balaban J connectivity index is 1.98. The highest BCUT2D eigenvalue weighted by Gasteiger charge is 2.41. The zero-order chi connectivity index (χ0) is 23.1. The number of fused-ring (bicyclic) bond motifs is 1. The molecule has 2 aromatic carbocycles. The summed E-state index contributed by atoms with van der Waals surface area (Å²) in [6.45, 7) is 7.14. The summed E-state index contributed by atoms with van der Waals surface area (Å²) in [5, 5.41) is 22.6. The number of aromatic hydroxyl groups is 1. The van der Waals surface area contributed by atoms with Crippen molar-refractivity contribution in [1.29, 1.82) is 0 Å². The van der Waals surface area contributed by atoms with Gasteiger partial charge in [0.2, 0.25) is 0 Å². The van der Waals surface area contributed by atoms with Crippen LogP contribution in [0, 0.1) is 20.8 Å². The topological polar surface area (TPSA) is 114 Å². The van der Waals surface area contributed by atoms with E-state index >= 15 is 0 Å². The second-order valence-corrected chi connectivity index (χ2v) is 7.88. The first kappa shape index (κ1) is 22.3. The van der Waals surface area contributed by atoms with Gasteiger partial charge in [0.15, 0.2) is 17.1 Å². The highest BCUT2D eigenvalue weighted by atomic mass is 16.5. The number of anilines is 1. The van der Waals surface area contributed by atoms with Crippen LogP contribution < -0.4 is 19.5 Å². The normalized spacial score (nSPS) is 17.4. The number of carbonyl (C=O) groups excluding carboxylic acids is 1. The lowest BCUT2D eigenvalue weighted by atomic mass is 9.86. The maximum absolute atomic E-state index is 13.2. The lowest BCUT2D eigenvalue weighted by molar-refractivity contribution is -0.131. The summed E-state index contributed by atoms with van der Waals surface area (Å²) in [6, 6.07) is 2.72. The Morgan fingerprint density at radius 3 is 2.26 bits per heavy atom. The number of phenols is 1. The molecule has 1 heterocycles. The molecule has 8 heteroatoms. The summed E-state index contributed by atoms with van der Waals surface area (Å²) in [4.78, 5) is 25.0. The number of ether oxygens (including phenoxy) is 3. The number of methoxy groups -OCH3 is 2. The molecule has 8 nitrogen and oxygen atoms in total. The molecule has 1 aliphatic rings. The van der Waals surface area contributed by atoms with Crippen LogP contribution >= 0.6 is 0 Å². The van der Waals surface area contributed by atoms with Crippen molar-refractivity contribution in [3.8, 4) is 23.0 Å². The largest absolute Gasteiger partial charge is 0.507 e. The summed E-state index contributed by atoms with van der Waals surface area (Å²) in [6.07, 6.45) is 0.905. The molecule has 0 saturated carbocycles. The van der Waals surface area contributed by atoms with E-state index in [1.165, 1.54) is 26.4 Å². The summed E-state index contributed by atoms with van der Waals surface area (Å²) < 4.78 is 16.6. The Hall–Kier alpha value is -3.42. The van der Waals surface area contributed by atoms with E-state index in [0.717, 1.165) is 16.7 Å². The van der Waals surface area contributed by atoms with E-state index in [-0.39, 0.29) is 22.7 Å². The van der Waals surface area contributed by atoms with Crippen molar-refractivity contribution >= 4 is 17.6 Å². The number of nitrogens with one attached hydrogen (secondary N) is 1. The van der Waals surface area contributed by atoms with Gasteiger partial charge in [-0.25, -0.2) is 4.79 Å². The van der Waals surface area contributed by atoms with Gasteiger partial charge in [0.05, 0.1) is 25.5 Å². The van der Waals surface area contributed by atoms with Crippen molar-refractivity contribution in [2.24, 2.45) is 0 Å². The second-order valence-electron chi connectivity index (χ2n) is 7.88. The molecule has 2 aromatic rings. The minimum Gasteiger partial charge on any atom is -0.507 e. The van der Waals surface area contributed by atoms with Gasteiger partial charge in [-0.3, -0.25) is 4.79 Å². The number of rotatable bonds is 5. The van der Waals surface area contributed by atoms with E-state index < -0.39 is 17.5 Å². The molecule has 166 valence electrons. The van der Waals surface area contributed by atoms with Crippen LogP contribution in [0.25, 0.3) is 0 Å². The van der Waals surface area contributed by atoms with Crippen LogP contribution in [-0.4, -0.2) is 41.9 Å². The number of phenolic OH excluding ortho intramolecular Hbond substituents is 1. The first-order valence-corrected chi connectivity index (χ1v) is 9.85. The fourth-order valence-electron chi connectivity index (χ4n) is 3.82. The molecular weight excluding hydrogens is 402 g/mol. The lowest BCUT2D eigenvalue weighted by Gasteiger charge is -2.36. The van der Waals surface area contributed by atoms with Gasteiger partial charge in [-0.1, -0.05) is 0 Å². The Bertz CT molecular complexity index is 1080. The summed E-state index contributed by atoms with van der Waals surface area (Å²) in [5.74, 6) is -0.329. The van der Waals surface area contributed by atoms with Crippen molar-refractivity contribution in [1.82, 2.24) is 0 Å². The average molecular weight is 429 g/mol. The second kappa shape index (κ2) is 8.02. The number of hydrogen-bond donors (Lipinski definition) is 3. The third-order valence-electron chi connectivity index (χ3n) is 6.00. The molecule has 0 aromatic heterocycles. The predicted octanol–water partition coefficient (Wildman–Crippen LogP) is 3.76. The molecule has 1 aliphatic heterocycles. The van der Waals surface area contributed by atoms with E-state index in [4.69, 9.17) is 14.2 Å². The molecule has 1 amide bonds. The molecule has 31 heavy (non-hydrogen) atoms. The lowest BCUT2D eigenvalue weighted by Crippen LogP contribution is -2.48. The third kappa shape index (κ3) is 3.73. The van der Waals surface area contributed by atoms with Gasteiger partial charge < -0.3 is 29.7 Å². The summed E-state index contributed by atoms with van der Waals surface area (Å²) in [7, 11) is 2.83. The molecule has 0 saturated heterocycles. The van der Waals surface area contributed by atoms with Crippen molar-refractivity contribution in [2.45, 2.75) is 46.1 Å². The van der Waals surface area contributed by atoms with Gasteiger partial charge in [-0.15, -0.1) is 0 Å². The molecule has 1 unspecified atom stereocenters. The minimum atomic E-state index is -1.23. The van der Waals surface area contributed by atoms with E-state index in [2.05, 4.69) is 5.32 Å². The third-order valence-corrected chi connectivity index (χ3v) is 6.00. The quantitative estimate of drug-likeness (QED) is 0.663. The highest BCUT2D eigenvalue weighted by molar-refractivity contribution is 6.04. The summed E-state index contributed by atoms with van der Waals surface area (Å²) in [5.41, 5.74) is 1.83. The minimum absolute atomic E-state index is 0.0839. The van der Waals surface area contributed by atoms with Crippen LogP contribution in [-0.2, 0) is 11.2 Å². The van der Waals surface area contributed by atoms with Crippen molar-refractivity contribution < 1.29 is 34.0 Å². The monoisotopic (exact) mass is 429 g/mol. The molecule has 1 atom stereocenters.